The minimum Gasteiger partial charge on any atom is -0.490 e. The Hall–Kier alpha value is -0.740. The van der Waals surface area contributed by atoms with Crippen LogP contribution < -0.4 is 14.8 Å². The van der Waals surface area contributed by atoms with Crippen molar-refractivity contribution in [2.45, 2.75) is 51.0 Å². The molecule has 1 heterocycles. The van der Waals surface area contributed by atoms with Crippen LogP contribution in [0, 0.1) is 0 Å². The van der Waals surface area contributed by atoms with Gasteiger partial charge in [-0.1, -0.05) is 29.8 Å². The van der Waals surface area contributed by atoms with E-state index in [2.05, 4.69) is 47.2 Å². The molecule has 0 amide bonds. The zero-order chi connectivity index (χ0) is 14.9. The fourth-order valence-electron chi connectivity index (χ4n) is 2.71. The van der Waals surface area contributed by atoms with Crippen molar-refractivity contribution >= 4 is 15.9 Å². The lowest BCUT2D eigenvalue weighted by molar-refractivity contribution is 0.296. The van der Waals surface area contributed by atoms with E-state index in [9.17, 15) is 0 Å². The fraction of sp³-hybridized carbons (Fsp3) is 0.647. The Balaban J connectivity index is 1.77. The first-order valence-electron chi connectivity index (χ1n) is 7.89. The highest BCUT2D eigenvalue weighted by molar-refractivity contribution is 9.10. The molecule has 1 aromatic carbocycles. The van der Waals surface area contributed by atoms with Gasteiger partial charge < -0.3 is 14.8 Å². The first-order valence-corrected chi connectivity index (χ1v) is 8.68. The third kappa shape index (κ3) is 3.72. The van der Waals surface area contributed by atoms with Crippen LogP contribution in [-0.4, -0.2) is 25.8 Å². The highest BCUT2D eigenvalue weighted by atomic mass is 79.9. The molecule has 1 aliphatic heterocycles. The summed E-state index contributed by atoms with van der Waals surface area (Å²) >= 11 is 3.71. The molecule has 0 unspecified atom stereocenters. The molecule has 0 aromatic heterocycles. The number of hydrogen-bond acceptors (Lipinski definition) is 3. The second-order valence-electron chi connectivity index (χ2n) is 6.69. The first-order chi connectivity index (χ1) is 10.1. The van der Waals surface area contributed by atoms with Crippen LogP contribution in [0.4, 0.5) is 0 Å². The van der Waals surface area contributed by atoms with Crippen molar-refractivity contribution in [3.05, 3.63) is 22.2 Å². The van der Waals surface area contributed by atoms with Gasteiger partial charge in [0.15, 0.2) is 11.5 Å². The van der Waals surface area contributed by atoms with E-state index in [-0.39, 0.29) is 5.41 Å². The highest BCUT2D eigenvalue weighted by Gasteiger charge is 2.27. The molecule has 3 nitrogen and oxygen atoms in total. The van der Waals surface area contributed by atoms with E-state index in [1.165, 1.54) is 18.4 Å². The molecule has 1 aliphatic carbocycles. The maximum absolute atomic E-state index is 5.83. The quantitative estimate of drug-likeness (QED) is 0.866. The van der Waals surface area contributed by atoms with Crippen LogP contribution in [0.5, 0.6) is 11.5 Å². The summed E-state index contributed by atoms with van der Waals surface area (Å²) in [7, 11) is 0. The van der Waals surface area contributed by atoms with Crippen LogP contribution in [0.1, 0.15) is 45.1 Å². The minimum atomic E-state index is 0.103. The standard InChI is InChI=1S/C17H24BrNO2/c1-17(2,6-7-19-12-4-5-12)13-10-15-16(11-14(13)18)21-9-3-8-20-15/h10-12,19H,3-9H2,1-2H3. The second kappa shape index (κ2) is 6.17. The van der Waals surface area contributed by atoms with Gasteiger partial charge in [0.1, 0.15) is 0 Å². The predicted molar refractivity (Wildman–Crippen MR) is 88.4 cm³/mol. The normalized spacial score (nSPS) is 18.4. The smallest absolute Gasteiger partial charge is 0.162 e. The van der Waals surface area contributed by atoms with Gasteiger partial charge in [0.2, 0.25) is 0 Å². The highest BCUT2D eigenvalue weighted by Crippen LogP contribution is 2.41. The monoisotopic (exact) mass is 353 g/mol. The van der Waals surface area contributed by atoms with Crippen LogP contribution >= 0.6 is 15.9 Å². The lowest BCUT2D eigenvalue weighted by atomic mass is 9.81. The summed E-state index contributed by atoms with van der Waals surface area (Å²) < 4.78 is 12.7. The average Bonchev–Trinajstić information content (AvgIpc) is 3.24. The minimum absolute atomic E-state index is 0.103. The molecular formula is C17H24BrNO2. The van der Waals surface area contributed by atoms with Crippen LogP contribution in [0.2, 0.25) is 0 Å². The van der Waals surface area contributed by atoms with Gasteiger partial charge in [-0.15, -0.1) is 0 Å². The topological polar surface area (TPSA) is 30.5 Å². The Kier molecular flexibility index (Phi) is 4.46. The average molecular weight is 354 g/mol. The third-order valence-electron chi connectivity index (χ3n) is 4.33. The molecule has 1 fully saturated rings. The maximum atomic E-state index is 5.83. The summed E-state index contributed by atoms with van der Waals surface area (Å²) in [6.45, 7) is 7.13. The van der Waals surface area contributed by atoms with E-state index in [0.29, 0.717) is 0 Å². The Labute approximate surface area is 135 Å². The maximum Gasteiger partial charge on any atom is 0.162 e. The van der Waals surface area contributed by atoms with Gasteiger partial charge in [-0.3, -0.25) is 0 Å². The zero-order valence-corrected chi connectivity index (χ0v) is 14.5. The van der Waals surface area contributed by atoms with E-state index < -0.39 is 0 Å². The van der Waals surface area contributed by atoms with Crippen molar-refractivity contribution in [3.63, 3.8) is 0 Å². The van der Waals surface area contributed by atoms with Crippen molar-refractivity contribution < 1.29 is 9.47 Å². The summed E-state index contributed by atoms with van der Waals surface area (Å²) in [6, 6.07) is 4.99. The number of hydrogen-bond donors (Lipinski definition) is 1. The molecule has 3 rings (SSSR count). The first kappa shape index (κ1) is 15.2. The van der Waals surface area contributed by atoms with E-state index in [0.717, 1.165) is 54.6 Å². The predicted octanol–water partition coefficient (Wildman–Crippen LogP) is 4.03. The second-order valence-corrected chi connectivity index (χ2v) is 7.55. The van der Waals surface area contributed by atoms with Crippen molar-refractivity contribution in [2.75, 3.05) is 19.8 Å². The molecule has 21 heavy (non-hydrogen) atoms. The molecule has 0 bridgehead atoms. The number of halogens is 1. The summed E-state index contributed by atoms with van der Waals surface area (Å²) in [5, 5.41) is 3.60. The SMILES string of the molecule is CC(C)(CCNC1CC1)c1cc2c(cc1Br)OCCCO2. The van der Waals surface area contributed by atoms with Crippen LogP contribution in [0.15, 0.2) is 16.6 Å². The molecule has 0 saturated heterocycles. The van der Waals surface area contributed by atoms with Gasteiger partial charge in [-0.05, 0) is 48.9 Å². The molecule has 116 valence electrons. The summed E-state index contributed by atoms with van der Waals surface area (Å²) in [5.74, 6) is 1.74. The lowest BCUT2D eigenvalue weighted by Crippen LogP contribution is -2.27. The number of rotatable bonds is 5. The third-order valence-corrected chi connectivity index (χ3v) is 4.98. The molecule has 1 saturated carbocycles. The number of nitrogens with one attached hydrogen (secondary N) is 1. The van der Waals surface area contributed by atoms with Crippen molar-refractivity contribution in [3.8, 4) is 11.5 Å². The number of fused-ring (bicyclic) bond motifs is 1. The van der Waals surface area contributed by atoms with Gasteiger partial charge in [-0.25, -0.2) is 0 Å². The Bertz CT molecular complexity index is 512. The van der Waals surface area contributed by atoms with Gasteiger partial charge in [-0.2, -0.15) is 0 Å². The lowest BCUT2D eigenvalue weighted by Gasteiger charge is -2.27. The molecule has 1 aromatic rings. The Morgan fingerprint density at radius 1 is 1.19 bits per heavy atom. The molecule has 4 heteroatoms. The summed E-state index contributed by atoms with van der Waals surface area (Å²) in [4.78, 5) is 0. The van der Waals surface area contributed by atoms with Crippen molar-refractivity contribution in [1.82, 2.24) is 5.32 Å². The van der Waals surface area contributed by atoms with Crippen molar-refractivity contribution in [1.29, 1.82) is 0 Å². The number of ether oxygens (including phenoxy) is 2. The van der Waals surface area contributed by atoms with Crippen molar-refractivity contribution in [2.24, 2.45) is 0 Å². The van der Waals surface area contributed by atoms with Crippen LogP contribution in [0.25, 0.3) is 0 Å². The van der Waals surface area contributed by atoms with E-state index in [4.69, 9.17) is 9.47 Å². The van der Waals surface area contributed by atoms with Crippen LogP contribution in [0.3, 0.4) is 0 Å². The van der Waals surface area contributed by atoms with Gasteiger partial charge in [0.05, 0.1) is 13.2 Å². The summed E-state index contributed by atoms with van der Waals surface area (Å²) in [5.41, 5.74) is 1.40. The van der Waals surface area contributed by atoms with E-state index in [1.54, 1.807) is 0 Å². The largest absolute Gasteiger partial charge is 0.490 e. The fourth-order valence-corrected chi connectivity index (χ4v) is 3.57. The molecular weight excluding hydrogens is 330 g/mol. The number of benzene rings is 1. The van der Waals surface area contributed by atoms with Gasteiger partial charge >= 0.3 is 0 Å². The molecule has 0 spiro atoms. The van der Waals surface area contributed by atoms with Gasteiger partial charge in [0.25, 0.3) is 0 Å². The zero-order valence-electron chi connectivity index (χ0n) is 12.9. The Morgan fingerprint density at radius 2 is 1.86 bits per heavy atom. The Morgan fingerprint density at radius 3 is 2.52 bits per heavy atom. The van der Waals surface area contributed by atoms with E-state index >= 15 is 0 Å². The van der Waals surface area contributed by atoms with Crippen LogP contribution in [-0.2, 0) is 5.41 Å². The molecule has 1 N–H and O–H groups in total. The molecule has 2 aliphatic rings. The molecule has 0 atom stereocenters. The van der Waals surface area contributed by atoms with E-state index in [1.807, 2.05) is 0 Å². The van der Waals surface area contributed by atoms with Gasteiger partial charge in [0, 0.05) is 16.9 Å². The summed E-state index contributed by atoms with van der Waals surface area (Å²) in [6.07, 6.45) is 4.74. The molecule has 0 radical (unpaired) electrons.